The molecule has 0 radical (unpaired) electrons. The molecule has 1 N–H and O–H groups in total. The Hall–Kier alpha value is -2.05. The predicted molar refractivity (Wildman–Crippen MR) is 105 cm³/mol. The van der Waals surface area contributed by atoms with E-state index in [1.807, 2.05) is 20.8 Å². The average molecular weight is 395 g/mol. The van der Waals surface area contributed by atoms with Crippen LogP contribution < -0.4 is 9.62 Å². The minimum atomic E-state index is -3.91. The molecular weight excluding hydrogens is 372 g/mol. The van der Waals surface area contributed by atoms with E-state index in [1.165, 1.54) is 18.2 Å². The molecule has 0 aliphatic heterocycles. The molecule has 0 saturated carbocycles. The van der Waals surface area contributed by atoms with Crippen LogP contribution in [0.1, 0.15) is 25.8 Å². The third kappa shape index (κ3) is 4.99. The maximum Gasteiger partial charge on any atom is 0.264 e. The van der Waals surface area contributed by atoms with Crippen molar-refractivity contribution in [2.75, 3.05) is 10.8 Å². The van der Waals surface area contributed by atoms with E-state index < -0.39 is 10.0 Å². The molecule has 140 valence electrons. The van der Waals surface area contributed by atoms with Crippen molar-refractivity contribution in [1.82, 2.24) is 5.32 Å². The van der Waals surface area contributed by atoms with E-state index in [4.69, 9.17) is 11.6 Å². The maximum atomic E-state index is 13.1. The minimum absolute atomic E-state index is 0.0363. The molecule has 0 unspecified atom stereocenters. The predicted octanol–water partition coefficient (Wildman–Crippen LogP) is 3.76. The minimum Gasteiger partial charge on any atom is -0.352 e. The van der Waals surface area contributed by atoms with Gasteiger partial charge in [-0.2, -0.15) is 0 Å². The zero-order valence-corrected chi connectivity index (χ0v) is 16.6. The summed E-state index contributed by atoms with van der Waals surface area (Å²) in [6.45, 7) is 5.38. The molecule has 0 spiro atoms. The van der Waals surface area contributed by atoms with Gasteiger partial charge in [0.2, 0.25) is 5.91 Å². The lowest BCUT2D eigenvalue weighted by Crippen LogP contribution is -2.43. The third-order valence-corrected chi connectivity index (χ3v) is 6.04. The first kappa shape index (κ1) is 20.3. The van der Waals surface area contributed by atoms with Gasteiger partial charge in [-0.25, -0.2) is 8.42 Å². The van der Waals surface area contributed by atoms with Crippen molar-refractivity contribution in [3.8, 4) is 0 Å². The number of amides is 1. The molecule has 0 aliphatic rings. The zero-order chi connectivity index (χ0) is 19.3. The second-order valence-corrected chi connectivity index (χ2v) is 8.48. The number of hydrogen-bond acceptors (Lipinski definition) is 3. The average Bonchev–Trinajstić information content (AvgIpc) is 2.59. The van der Waals surface area contributed by atoms with Gasteiger partial charge in [0.15, 0.2) is 0 Å². The Balaban J connectivity index is 2.42. The number of benzene rings is 2. The van der Waals surface area contributed by atoms with E-state index in [0.29, 0.717) is 10.7 Å². The first-order valence-corrected chi connectivity index (χ1v) is 10.2. The number of aryl methyl sites for hydroxylation is 1. The summed E-state index contributed by atoms with van der Waals surface area (Å²) in [5.41, 5.74) is 1.30. The van der Waals surface area contributed by atoms with E-state index in [-0.39, 0.29) is 23.4 Å². The molecule has 5 nitrogen and oxygen atoms in total. The van der Waals surface area contributed by atoms with Crippen LogP contribution in [-0.4, -0.2) is 26.9 Å². The molecule has 1 amide bonds. The number of rotatable bonds is 7. The van der Waals surface area contributed by atoms with E-state index in [9.17, 15) is 13.2 Å². The number of hydrogen-bond donors (Lipinski definition) is 1. The highest BCUT2D eigenvalue weighted by Gasteiger charge is 2.27. The molecule has 26 heavy (non-hydrogen) atoms. The molecule has 0 saturated heterocycles. The summed E-state index contributed by atoms with van der Waals surface area (Å²) < 4.78 is 27.4. The number of carbonyl (C=O) groups is 1. The Kier molecular flexibility index (Phi) is 6.67. The number of carbonyl (C=O) groups excluding carboxylic acids is 1. The highest BCUT2D eigenvalue weighted by molar-refractivity contribution is 7.92. The second-order valence-electron chi connectivity index (χ2n) is 6.18. The largest absolute Gasteiger partial charge is 0.352 e. The first-order valence-electron chi connectivity index (χ1n) is 8.38. The Labute approximate surface area is 160 Å². The maximum absolute atomic E-state index is 13.1. The number of sulfonamides is 1. The standard InChI is InChI=1S/C19H23ClN2O3S/c1-4-15(3)21-19(23)13-22(17-7-5-6-16(20)12-17)26(24,25)18-10-8-14(2)9-11-18/h5-12,15H,4,13H2,1-3H3,(H,21,23)/t15-/m1/s1. The van der Waals surface area contributed by atoms with Crippen molar-refractivity contribution >= 4 is 33.2 Å². The molecule has 0 bridgehead atoms. The Bertz CT molecular complexity index is 867. The first-order chi connectivity index (χ1) is 12.2. The molecule has 2 aromatic rings. The van der Waals surface area contributed by atoms with Gasteiger partial charge in [0, 0.05) is 11.1 Å². The number of nitrogens with zero attached hydrogens (tertiary/aromatic N) is 1. The number of anilines is 1. The van der Waals surface area contributed by atoms with E-state index in [1.54, 1.807) is 30.3 Å². The molecular formula is C19H23ClN2O3S. The smallest absolute Gasteiger partial charge is 0.264 e. The van der Waals surface area contributed by atoms with Gasteiger partial charge in [0.05, 0.1) is 10.6 Å². The van der Waals surface area contributed by atoms with Gasteiger partial charge in [-0.3, -0.25) is 9.10 Å². The van der Waals surface area contributed by atoms with Crippen molar-refractivity contribution in [1.29, 1.82) is 0 Å². The van der Waals surface area contributed by atoms with Crippen LogP contribution in [0, 0.1) is 6.92 Å². The summed E-state index contributed by atoms with van der Waals surface area (Å²) in [6.07, 6.45) is 0.758. The van der Waals surface area contributed by atoms with Crippen molar-refractivity contribution in [2.45, 2.75) is 38.1 Å². The van der Waals surface area contributed by atoms with Crippen LogP contribution in [0.3, 0.4) is 0 Å². The number of nitrogens with one attached hydrogen (secondary N) is 1. The van der Waals surface area contributed by atoms with Gasteiger partial charge < -0.3 is 5.32 Å². The molecule has 0 aromatic heterocycles. The van der Waals surface area contributed by atoms with Crippen molar-refractivity contribution < 1.29 is 13.2 Å². The molecule has 1 atom stereocenters. The second kappa shape index (κ2) is 8.56. The van der Waals surface area contributed by atoms with Gasteiger partial charge in [-0.1, -0.05) is 42.3 Å². The van der Waals surface area contributed by atoms with Crippen LogP contribution in [0.15, 0.2) is 53.4 Å². The van der Waals surface area contributed by atoms with Crippen molar-refractivity contribution in [3.05, 3.63) is 59.1 Å². The fraction of sp³-hybridized carbons (Fsp3) is 0.316. The van der Waals surface area contributed by atoms with Gasteiger partial charge >= 0.3 is 0 Å². The molecule has 0 fully saturated rings. The van der Waals surface area contributed by atoms with E-state index >= 15 is 0 Å². The fourth-order valence-corrected chi connectivity index (χ4v) is 3.93. The van der Waals surface area contributed by atoms with Crippen molar-refractivity contribution in [3.63, 3.8) is 0 Å². The van der Waals surface area contributed by atoms with Gasteiger partial charge in [0.1, 0.15) is 6.54 Å². The molecule has 2 aromatic carbocycles. The summed E-state index contributed by atoms with van der Waals surface area (Å²) in [6, 6.07) is 12.9. The topological polar surface area (TPSA) is 66.5 Å². The summed E-state index contributed by atoms with van der Waals surface area (Å²) in [5.74, 6) is -0.366. The highest BCUT2D eigenvalue weighted by atomic mass is 35.5. The van der Waals surface area contributed by atoms with Gasteiger partial charge in [-0.15, -0.1) is 0 Å². The normalized spacial score (nSPS) is 12.5. The van der Waals surface area contributed by atoms with Crippen LogP contribution in [0.25, 0.3) is 0 Å². The van der Waals surface area contributed by atoms with Crippen LogP contribution in [0.5, 0.6) is 0 Å². The Morgan fingerprint density at radius 2 is 1.85 bits per heavy atom. The SMILES string of the molecule is CC[C@@H](C)NC(=O)CN(c1cccc(Cl)c1)S(=O)(=O)c1ccc(C)cc1. The number of halogens is 1. The fourth-order valence-electron chi connectivity index (χ4n) is 2.34. The van der Waals surface area contributed by atoms with Crippen LogP contribution >= 0.6 is 11.6 Å². The molecule has 7 heteroatoms. The van der Waals surface area contributed by atoms with Crippen LogP contribution in [0.4, 0.5) is 5.69 Å². The van der Waals surface area contributed by atoms with Crippen LogP contribution in [-0.2, 0) is 14.8 Å². The lowest BCUT2D eigenvalue weighted by atomic mass is 10.2. The summed E-state index contributed by atoms with van der Waals surface area (Å²) in [4.78, 5) is 12.5. The monoisotopic (exact) mass is 394 g/mol. The van der Waals surface area contributed by atoms with Crippen molar-refractivity contribution in [2.24, 2.45) is 0 Å². The molecule has 0 aliphatic carbocycles. The molecule has 0 heterocycles. The quantitative estimate of drug-likeness (QED) is 0.777. The Morgan fingerprint density at radius 3 is 2.42 bits per heavy atom. The van der Waals surface area contributed by atoms with E-state index in [0.717, 1.165) is 16.3 Å². The van der Waals surface area contributed by atoms with E-state index in [2.05, 4.69) is 5.32 Å². The zero-order valence-electron chi connectivity index (χ0n) is 15.1. The highest BCUT2D eigenvalue weighted by Crippen LogP contribution is 2.26. The van der Waals surface area contributed by atoms with Gasteiger partial charge in [0.25, 0.3) is 10.0 Å². The lowest BCUT2D eigenvalue weighted by molar-refractivity contribution is -0.120. The third-order valence-electron chi connectivity index (χ3n) is 4.01. The molecule has 2 rings (SSSR count). The lowest BCUT2D eigenvalue weighted by Gasteiger charge is -2.25. The summed E-state index contributed by atoms with van der Waals surface area (Å²) in [7, 11) is -3.91. The Morgan fingerprint density at radius 1 is 1.19 bits per heavy atom. The van der Waals surface area contributed by atoms with Gasteiger partial charge in [-0.05, 0) is 50.6 Å². The summed E-state index contributed by atoms with van der Waals surface area (Å²) >= 11 is 6.03. The van der Waals surface area contributed by atoms with Crippen LogP contribution in [0.2, 0.25) is 5.02 Å². The summed E-state index contributed by atoms with van der Waals surface area (Å²) in [5, 5.41) is 3.20.